The van der Waals surface area contributed by atoms with E-state index >= 15 is 0 Å². The molecule has 2 amide bonds. The van der Waals surface area contributed by atoms with Gasteiger partial charge < -0.3 is 15.1 Å². The van der Waals surface area contributed by atoms with Gasteiger partial charge in [-0.15, -0.1) is 0 Å². The molecule has 3 rings (SSSR count). The molecule has 0 aliphatic rings. The van der Waals surface area contributed by atoms with Crippen molar-refractivity contribution in [2.45, 2.75) is 19.8 Å². The van der Waals surface area contributed by atoms with Crippen molar-refractivity contribution < 1.29 is 14.0 Å². The van der Waals surface area contributed by atoms with Gasteiger partial charge in [-0.1, -0.05) is 37.3 Å². The number of hydrogen-bond donors (Lipinski definition) is 2. The molecule has 3 aromatic rings. The van der Waals surface area contributed by atoms with Crippen LogP contribution in [0.15, 0.2) is 59.0 Å². The highest BCUT2D eigenvalue weighted by molar-refractivity contribution is 6.03. The number of para-hydroxylation sites is 1. The Morgan fingerprint density at radius 2 is 1.81 bits per heavy atom. The van der Waals surface area contributed by atoms with Crippen molar-refractivity contribution in [1.82, 2.24) is 5.32 Å². The zero-order valence-corrected chi connectivity index (χ0v) is 15.4. The van der Waals surface area contributed by atoms with Crippen LogP contribution in [-0.4, -0.2) is 18.9 Å². The van der Waals surface area contributed by atoms with Crippen molar-refractivity contribution >= 4 is 34.5 Å². The number of furan rings is 1. The van der Waals surface area contributed by atoms with Gasteiger partial charge in [-0.2, -0.15) is 0 Å². The second-order valence-corrected chi connectivity index (χ2v) is 6.16. The monoisotopic (exact) mass is 362 g/mol. The Morgan fingerprint density at radius 1 is 1.07 bits per heavy atom. The number of anilines is 1. The predicted molar refractivity (Wildman–Crippen MR) is 107 cm³/mol. The Hall–Kier alpha value is -3.34. The molecular weight excluding hydrogens is 340 g/mol. The van der Waals surface area contributed by atoms with Gasteiger partial charge in [0, 0.05) is 36.2 Å². The summed E-state index contributed by atoms with van der Waals surface area (Å²) in [4.78, 5) is 23.6. The van der Waals surface area contributed by atoms with Gasteiger partial charge in [0.2, 0.25) is 11.8 Å². The van der Waals surface area contributed by atoms with Gasteiger partial charge in [-0.3, -0.25) is 9.59 Å². The Kier molecular flexibility index (Phi) is 5.71. The first-order chi connectivity index (χ1) is 13.1. The number of fused-ring (bicyclic) bond motifs is 1. The summed E-state index contributed by atoms with van der Waals surface area (Å²) < 4.78 is 5.84. The fraction of sp³-hybridized carbons (Fsp3) is 0.182. The van der Waals surface area contributed by atoms with Gasteiger partial charge in [-0.05, 0) is 29.8 Å². The van der Waals surface area contributed by atoms with E-state index in [0.717, 1.165) is 34.3 Å². The van der Waals surface area contributed by atoms with Crippen LogP contribution in [0.3, 0.4) is 0 Å². The highest BCUT2D eigenvalue weighted by Crippen LogP contribution is 2.27. The van der Waals surface area contributed by atoms with E-state index in [0.29, 0.717) is 12.1 Å². The topological polar surface area (TPSA) is 71.3 Å². The lowest BCUT2D eigenvalue weighted by atomic mass is 10.1. The third-order valence-corrected chi connectivity index (χ3v) is 4.30. The number of benzene rings is 2. The van der Waals surface area contributed by atoms with Crippen molar-refractivity contribution in [1.29, 1.82) is 0 Å². The van der Waals surface area contributed by atoms with Crippen LogP contribution in [-0.2, 0) is 22.4 Å². The lowest BCUT2D eigenvalue weighted by Crippen LogP contribution is -2.19. The molecule has 2 N–H and O–H groups in total. The Balaban J connectivity index is 1.70. The fourth-order valence-corrected chi connectivity index (χ4v) is 2.88. The minimum absolute atomic E-state index is 0.0474. The van der Waals surface area contributed by atoms with Crippen LogP contribution in [0.1, 0.15) is 23.8 Å². The van der Waals surface area contributed by atoms with Gasteiger partial charge in [0.25, 0.3) is 0 Å². The maximum Gasteiger partial charge on any atom is 0.248 e. The van der Waals surface area contributed by atoms with Crippen LogP contribution >= 0.6 is 0 Å². The number of nitrogens with one attached hydrogen (secondary N) is 2. The number of amides is 2. The smallest absolute Gasteiger partial charge is 0.248 e. The molecule has 0 saturated heterocycles. The zero-order valence-electron chi connectivity index (χ0n) is 15.4. The number of aryl methyl sites for hydroxylation is 1. The van der Waals surface area contributed by atoms with Gasteiger partial charge >= 0.3 is 0 Å². The summed E-state index contributed by atoms with van der Waals surface area (Å²) in [5.41, 5.74) is 3.32. The molecule has 5 nitrogen and oxygen atoms in total. The summed E-state index contributed by atoms with van der Waals surface area (Å²) in [5, 5.41) is 6.41. The zero-order chi connectivity index (χ0) is 19.2. The van der Waals surface area contributed by atoms with E-state index in [1.165, 1.54) is 6.08 Å². The summed E-state index contributed by atoms with van der Waals surface area (Å²) in [6, 6.07) is 15.0. The summed E-state index contributed by atoms with van der Waals surface area (Å²) in [6.45, 7) is 2.02. The van der Waals surface area contributed by atoms with Crippen molar-refractivity contribution in [2.24, 2.45) is 0 Å². The van der Waals surface area contributed by atoms with Crippen LogP contribution in [0.4, 0.5) is 5.69 Å². The predicted octanol–water partition coefficient (Wildman–Crippen LogP) is 3.94. The second-order valence-electron chi connectivity index (χ2n) is 6.16. The van der Waals surface area contributed by atoms with Gasteiger partial charge in [-0.25, -0.2) is 0 Å². The minimum Gasteiger partial charge on any atom is -0.460 e. The third kappa shape index (κ3) is 4.44. The molecule has 2 aromatic carbocycles. The third-order valence-electron chi connectivity index (χ3n) is 4.30. The standard InChI is InChI=1S/C22H22N2O3/c1-3-19-18(17-6-4-5-7-20(17)27-19)12-13-21(25)24-16-10-8-15(9-11-16)14-22(26)23-2/h4-13H,3,14H2,1-2H3,(H,23,26)(H,24,25)/b13-12+. The average molecular weight is 362 g/mol. The Bertz CT molecular complexity index is 984. The molecule has 1 heterocycles. The maximum atomic E-state index is 12.3. The number of hydrogen-bond acceptors (Lipinski definition) is 3. The van der Waals surface area contributed by atoms with Crippen LogP contribution < -0.4 is 10.6 Å². The number of carbonyl (C=O) groups excluding carboxylic acids is 2. The summed E-state index contributed by atoms with van der Waals surface area (Å²) in [5.74, 6) is 0.592. The van der Waals surface area contributed by atoms with Crippen LogP contribution in [0.2, 0.25) is 0 Å². The van der Waals surface area contributed by atoms with E-state index in [2.05, 4.69) is 10.6 Å². The molecular formula is C22H22N2O3. The van der Waals surface area contributed by atoms with E-state index in [1.54, 1.807) is 25.3 Å². The first-order valence-corrected chi connectivity index (χ1v) is 8.89. The maximum absolute atomic E-state index is 12.3. The van der Waals surface area contributed by atoms with Crippen LogP contribution in [0.25, 0.3) is 17.0 Å². The van der Waals surface area contributed by atoms with E-state index in [4.69, 9.17) is 4.42 Å². The first-order valence-electron chi connectivity index (χ1n) is 8.89. The molecule has 0 atom stereocenters. The molecule has 0 aliphatic heterocycles. The minimum atomic E-state index is -0.221. The molecule has 0 spiro atoms. The summed E-state index contributed by atoms with van der Waals surface area (Å²) in [6.07, 6.45) is 4.37. The van der Waals surface area contributed by atoms with Crippen LogP contribution in [0.5, 0.6) is 0 Å². The molecule has 1 aromatic heterocycles. The molecule has 5 heteroatoms. The van der Waals surface area contributed by atoms with Crippen LogP contribution in [0, 0.1) is 0 Å². The van der Waals surface area contributed by atoms with Gasteiger partial charge in [0.05, 0.1) is 6.42 Å². The summed E-state index contributed by atoms with van der Waals surface area (Å²) >= 11 is 0. The van der Waals surface area contributed by atoms with Crippen molar-refractivity contribution in [3.8, 4) is 0 Å². The van der Waals surface area contributed by atoms with Gasteiger partial charge in [0.15, 0.2) is 0 Å². The fourth-order valence-electron chi connectivity index (χ4n) is 2.88. The molecule has 0 bridgehead atoms. The molecule has 0 unspecified atom stereocenters. The second kappa shape index (κ2) is 8.36. The van der Waals surface area contributed by atoms with Crippen molar-refractivity contribution in [3.63, 3.8) is 0 Å². The highest BCUT2D eigenvalue weighted by atomic mass is 16.3. The largest absolute Gasteiger partial charge is 0.460 e. The number of rotatable bonds is 6. The van der Waals surface area contributed by atoms with Crippen molar-refractivity contribution in [3.05, 3.63) is 71.5 Å². The SMILES string of the molecule is CCc1oc2ccccc2c1/C=C/C(=O)Nc1ccc(CC(=O)NC)cc1. The first kappa shape index (κ1) is 18.5. The van der Waals surface area contributed by atoms with E-state index in [-0.39, 0.29) is 11.8 Å². The van der Waals surface area contributed by atoms with E-state index < -0.39 is 0 Å². The van der Waals surface area contributed by atoms with Crippen molar-refractivity contribution in [2.75, 3.05) is 12.4 Å². The quantitative estimate of drug-likeness (QED) is 0.653. The highest BCUT2D eigenvalue weighted by Gasteiger charge is 2.10. The molecule has 0 radical (unpaired) electrons. The van der Waals surface area contributed by atoms with E-state index in [9.17, 15) is 9.59 Å². The molecule has 138 valence electrons. The number of carbonyl (C=O) groups is 2. The molecule has 0 saturated carbocycles. The normalized spacial score (nSPS) is 11.0. The molecule has 0 fully saturated rings. The Labute approximate surface area is 158 Å². The lowest BCUT2D eigenvalue weighted by Gasteiger charge is -2.04. The van der Waals surface area contributed by atoms with E-state index in [1.807, 2.05) is 43.3 Å². The molecule has 0 aliphatic carbocycles. The molecule has 27 heavy (non-hydrogen) atoms. The lowest BCUT2D eigenvalue weighted by molar-refractivity contribution is -0.120. The average Bonchev–Trinajstić information content (AvgIpc) is 3.05. The Morgan fingerprint density at radius 3 is 2.52 bits per heavy atom. The number of likely N-dealkylation sites (N-methyl/N-ethyl adjacent to an activating group) is 1. The summed E-state index contributed by atoms with van der Waals surface area (Å²) in [7, 11) is 1.61. The van der Waals surface area contributed by atoms with Gasteiger partial charge in [0.1, 0.15) is 11.3 Å².